The zero-order valence-electron chi connectivity index (χ0n) is 11.5. The molecule has 0 spiro atoms. The molecule has 90 valence electrons. The quantitative estimate of drug-likeness (QED) is 0.696. The third kappa shape index (κ3) is 2.49. The second kappa shape index (κ2) is 4.62. The molecular formula is C14H25NSi. The highest BCUT2D eigenvalue weighted by molar-refractivity contribution is 6.83. The highest BCUT2D eigenvalue weighted by Gasteiger charge is 2.40. The number of rotatable bonds is 3. The van der Waals surface area contributed by atoms with Crippen molar-refractivity contribution in [1.29, 1.82) is 0 Å². The predicted octanol–water partition coefficient (Wildman–Crippen LogP) is 4.52. The zero-order valence-corrected chi connectivity index (χ0v) is 12.5. The van der Waals surface area contributed by atoms with Crippen molar-refractivity contribution >= 4 is 13.9 Å². The minimum Gasteiger partial charge on any atom is -0.397 e. The Morgan fingerprint density at radius 2 is 1.56 bits per heavy atom. The Morgan fingerprint density at radius 1 is 1.06 bits per heavy atom. The van der Waals surface area contributed by atoms with Gasteiger partial charge in [0.15, 0.2) is 8.24 Å². The van der Waals surface area contributed by atoms with E-state index in [-0.39, 0.29) is 0 Å². The van der Waals surface area contributed by atoms with Crippen LogP contribution in [0.1, 0.15) is 27.7 Å². The molecule has 0 heterocycles. The summed E-state index contributed by atoms with van der Waals surface area (Å²) in [4.78, 5) is 0. The molecule has 0 unspecified atom stereocenters. The Balaban J connectivity index is 3.09. The zero-order chi connectivity index (χ0) is 12.4. The van der Waals surface area contributed by atoms with Gasteiger partial charge in [0.05, 0.1) is 0 Å². The Kier molecular flexibility index (Phi) is 3.84. The van der Waals surface area contributed by atoms with Crippen molar-refractivity contribution in [2.45, 2.75) is 45.8 Å². The second-order valence-electron chi connectivity index (χ2n) is 5.89. The maximum atomic E-state index is 2.62. The van der Waals surface area contributed by atoms with E-state index >= 15 is 0 Å². The largest absolute Gasteiger partial charge is 0.397 e. The van der Waals surface area contributed by atoms with Gasteiger partial charge in [-0.15, -0.1) is 0 Å². The Bertz CT molecular complexity index is 324. The summed E-state index contributed by atoms with van der Waals surface area (Å²) in [5.74, 6) is 0. The molecule has 0 bridgehead atoms. The van der Waals surface area contributed by atoms with E-state index in [0.717, 1.165) is 6.54 Å². The molecule has 1 aromatic rings. The summed E-state index contributed by atoms with van der Waals surface area (Å²) >= 11 is 0. The van der Waals surface area contributed by atoms with Crippen LogP contribution in [0.5, 0.6) is 0 Å². The van der Waals surface area contributed by atoms with Crippen LogP contribution in [0.15, 0.2) is 30.3 Å². The number of nitrogens with zero attached hydrogens (tertiary/aromatic N) is 1. The first-order valence-electron chi connectivity index (χ1n) is 6.13. The Labute approximate surface area is 102 Å². The lowest BCUT2D eigenvalue weighted by Gasteiger charge is -2.47. The lowest BCUT2D eigenvalue weighted by Crippen LogP contribution is -2.55. The molecule has 0 atom stereocenters. The van der Waals surface area contributed by atoms with Crippen LogP contribution in [-0.2, 0) is 0 Å². The highest BCUT2D eigenvalue weighted by atomic mass is 28.3. The van der Waals surface area contributed by atoms with Crippen molar-refractivity contribution < 1.29 is 0 Å². The number of benzene rings is 1. The Hall–Kier alpha value is -0.763. The molecule has 0 aliphatic carbocycles. The van der Waals surface area contributed by atoms with E-state index in [1.165, 1.54) is 5.69 Å². The SMILES string of the molecule is CCN(c1ccccc1)[Si](C)(C)C(C)(C)C. The van der Waals surface area contributed by atoms with Gasteiger partial charge < -0.3 is 4.57 Å². The molecule has 1 rings (SSSR count). The summed E-state index contributed by atoms with van der Waals surface area (Å²) in [6, 6.07) is 10.8. The monoisotopic (exact) mass is 235 g/mol. The summed E-state index contributed by atoms with van der Waals surface area (Å²) in [5, 5.41) is 0.388. The first-order valence-corrected chi connectivity index (χ1v) is 9.08. The van der Waals surface area contributed by atoms with Crippen LogP contribution in [0.4, 0.5) is 5.69 Å². The van der Waals surface area contributed by atoms with Crippen LogP contribution >= 0.6 is 0 Å². The van der Waals surface area contributed by atoms with Crippen molar-refractivity contribution in [3.8, 4) is 0 Å². The molecule has 0 aliphatic rings. The van der Waals surface area contributed by atoms with E-state index in [1.807, 2.05) is 0 Å². The van der Waals surface area contributed by atoms with Gasteiger partial charge in [-0.2, -0.15) is 0 Å². The van der Waals surface area contributed by atoms with Gasteiger partial charge in [-0.25, -0.2) is 0 Å². The van der Waals surface area contributed by atoms with Gasteiger partial charge in [0, 0.05) is 12.2 Å². The van der Waals surface area contributed by atoms with Crippen LogP contribution in [0.2, 0.25) is 18.1 Å². The van der Waals surface area contributed by atoms with E-state index in [2.05, 4.69) is 75.7 Å². The van der Waals surface area contributed by atoms with Crippen LogP contribution in [0.3, 0.4) is 0 Å². The number of para-hydroxylation sites is 1. The van der Waals surface area contributed by atoms with Crippen molar-refractivity contribution in [1.82, 2.24) is 0 Å². The smallest absolute Gasteiger partial charge is 0.155 e. The molecule has 2 heteroatoms. The minimum atomic E-state index is -1.44. The standard InChI is InChI=1S/C14H25NSi/c1-7-15(13-11-9-8-10-12-13)16(5,6)14(2,3)4/h8-12H,7H2,1-6H3. The van der Waals surface area contributed by atoms with Crippen LogP contribution < -0.4 is 4.57 Å². The summed E-state index contributed by atoms with van der Waals surface area (Å²) in [6.45, 7) is 15.4. The maximum absolute atomic E-state index is 2.62. The minimum absolute atomic E-state index is 0.388. The topological polar surface area (TPSA) is 3.24 Å². The molecule has 0 N–H and O–H groups in total. The average molecular weight is 235 g/mol. The van der Waals surface area contributed by atoms with Gasteiger partial charge in [-0.1, -0.05) is 52.1 Å². The molecular weight excluding hydrogens is 210 g/mol. The number of hydrogen-bond donors (Lipinski definition) is 0. The number of hydrogen-bond acceptors (Lipinski definition) is 1. The van der Waals surface area contributed by atoms with Crippen molar-refractivity contribution in [2.75, 3.05) is 11.1 Å². The van der Waals surface area contributed by atoms with Gasteiger partial charge in [0.2, 0.25) is 0 Å². The van der Waals surface area contributed by atoms with Gasteiger partial charge in [-0.3, -0.25) is 0 Å². The van der Waals surface area contributed by atoms with Crippen LogP contribution in [-0.4, -0.2) is 14.8 Å². The fraction of sp³-hybridized carbons (Fsp3) is 0.571. The maximum Gasteiger partial charge on any atom is 0.155 e. The lowest BCUT2D eigenvalue weighted by atomic mass is 10.2. The van der Waals surface area contributed by atoms with Gasteiger partial charge in [-0.05, 0) is 24.1 Å². The second-order valence-corrected chi connectivity index (χ2v) is 11.0. The molecule has 16 heavy (non-hydrogen) atoms. The Morgan fingerprint density at radius 3 is 1.94 bits per heavy atom. The molecule has 0 saturated heterocycles. The third-order valence-electron chi connectivity index (χ3n) is 3.89. The van der Waals surface area contributed by atoms with E-state index in [0.29, 0.717) is 5.04 Å². The highest BCUT2D eigenvalue weighted by Crippen LogP contribution is 2.40. The normalized spacial score (nSPS) is 12.6. The summed E-state index contributed by atoms with van der Waals surface area (Å²) in [5.41, 5.74) is 1.37. The average Bonchev–Trinajstić information content (AvgIpc) is 2.18. The third-order valence-corrected chi connectivity index (χ3v) is 9.49. The molecule has 0 fully saturated rings. The molecule has 0 aliphatic heterocycles. The van der Waals surface area contributed by atoms with E-state index < -0.39 is 8.24 Å². The molecule has 0 amide bonds. The van der Waals surface area contributed by atoms with Gasteiger partial charge in [0.1, 0.15) is 0 Å². The van der Waals surface area contributed by atoms with E-state index in [9.17, 15) is 0 Å². The fourth-order valence-electron chi connectivity index (χ4n) is 1.91. The molecule has 1 aromatic carbocycles. The summed E-state index contributed by atoms with van der Waals surface area (Å²) in [7, 11) is -1.44. The first kappa shape index (κ1) is 13.3. The predicted molar refractivity (Wildman–Crippen MR) is 76.7 cm³/mol. The van der Waals surface area contributed by atoms with Crippen molar-refractivity contribution in [3.63, 3.8) is 0 Å². The summed E-state index contributed by atoms with van der Waals surface area (Å²) < 4.78 is 2.62. The van der Waals surface area contributed by atoms with Crippen molar-refractivity contribution in [3.05, 3.63) is 30.3 Å². The van der Waals surface area contributed by atoms with E-state index in [1.54, 1.807) is 0 Å². The van der Waals surface area contributed by atoms with Gasteiger partial charge in [0.25, 0.3) is 0 Å². The van der Waals surface area contributed by atoms with Crippen LogP contribution in [0, 0.1) is 0 Å². The molecule has 0 radical (unpaired) electrons. The summed E-state index contributed by atoms with van der Waals surface area (Å²) in [6.07, 6.45) is 0. The fourth-order valence-corrected chi connectivity index (χ4v) is 4.31. The van der Waals surface area contributed by atoms with Crippen LogP contribution in [0.25, 0.3) is 0 Å². The first-order chi connectivity index (χ1) is 7.30. The lowest BCUT2D eigenvalue weighted by molar-refractivity contribution is 0.706. The molecule has 0 saturated carbocycles. The molecule has 1 nitrogen and oxygen atoms in total. The van der Waals surface area contributed by atoms with Crippen molar-refractivity contribution in [2.24, 2.45) is 0 Å². The molecule has 0 aromatic heterocycles. The number of anilines is 1. The van der Waals surface area contributed by atoms with Gasteiger partial charge >= 0.3 is 0 Å². The van der Waals surface area contributed by atoms with E-state index in [4.69, 9.17) is 0 Å².